The van der Waals surface area contributed by atoms with E-state index in [1.54, 1.807) is 0 Å². The van der Waals surface area contributed by atoms with Gasteiger partial charge in [0.15, 0.2) is 23.0 Å². The second-order valence-corrected chi connectivity index (χ2v) is 7.28. The summed E-state index contributed by atoms with van der Waals surface area (Å²) in [5.41, 5.74) is 2.16. The van der Waals surface area contributed by atoms with Crippen molar-refractivity contribution in [2.75, 3.05) is 26.7 Å². The van der Waals surface area contributed by atoms with Crippen LogP contribution in [0.3, 0.4) is 0 Å². The van der Waals surface area contributed by atoms with E-state index in [-0.39, 0.29) is 25.5 Å². The van der Waals surface area contributed by atoms with Crippen LogP contribution in [0.2, 0.25) is 0 Å². The summed E-state index contributed by atoms with van der Waals surface area (Å²) in [6.45, 7) is 1.89. The van der Waals surface area contributed by atoms with Crippen LogP contribution in [0, 0.1) is 5.92 Å². The van der Waals surface area contributed by atoms with Gasteiger partial charge in [0.2, 0.25) is 13.6 Å². The van der Waals surface area contributed by atoms with Crippen molar-refractivity contribution in [2.45, 2.75) is 18.9 Å². The molecule has 0 amide bonds. The van der Waals surface area contributed by atoms with E-state index in [1.807, 2.05) is 36.4 Å². The van der Waals surface area contributed by atoms with E-state index in [4.69, 9.17) is 18.9 Å². The van der Waals surface area contributed by atoms with Crippen LogP contribution in [0.4, 0.5) is 0 Å². The molecule has 0 bridgehead atoms. The third-order valence-corrected chi connectivity index (χ3v) is 5.67. The summed E-state index contributed by atoms with van der Waals surface area (Å²) in [4.78, 5) is 13.7. The Morgan fingerprint density at radius 3 is 1.86 bits per heavy atom. The first-order valence-corrected chi connectivity index (χ1v) is 9.45. The molecule has 1 N–H and O–H groups in total. The topological polar surface area (TPSA) is 77.5 Å². The predicted octanol–water partition coefficient (Wildman–Crippen LogP) is 3.03. The minimum atomic E-state index is -0.706. The molecule has 7 heteroatoms. The molecule has 5 rings (SSSR count). The fourth-order valence-corrected chi connectivity index (χ4v) is 4.19. The number of carboxylic acids is 1. The van der Waals surface area contributed by atoms with E-state index in [9.17, 15) is 9.90 Å². The molecule has 2 aromatic carbocycles. The van der Waals surface area contributed by atoms with Gasteiger partial charge in [-0.25, -0.2) is 0 Å². The quantitative estimate of drug-likeness (QED) is 0.869. The average molecular weight is 383 g/mol. The number of hydrogen-bond acceptors (Lipinski definition) is 6. The molecule has 1 saturated heterocycles. The third kappa shape index (κ3) is 3.01. The van der Waals surface area contributed by atoms with E-state index in [0.717, 1.165) is 34.1 Å². The van der Waals surface area contributed by atoms with Crippen molar-refractivity contribution in [3.05, 3.63) is 47.5 Å². The van der Waals surface area contributed by atoms with Crippen molar-refractivity contribution in [3.63, 3.8) is 0 Å². The highest BCUT2D eigenvalue weighted by atomic mass is 16.7. The van der Waals surface area contributed by atoms with E-state index in [2.05, 4.69) is 4.90 Å². The maximum atomic E-state index is 11.3. The highest BCUT2D eigenvalue weighted by Gasteiger charge is 2.32. The molecule has 2 aromatic rings. The van der Waals surface area contributed by atoms with Crippen LogP contribution in [0.5, 0.6) is 23.0 Å². The largest absolute Gasteiger partial charge is 0.481 e. The van der Waals surface area contributed by atoms with E-state index < -0.39 is 5.97 Å². The van der Waals surface area contributed by atoms with Crippen LogP contribution in [0.25, 0.3) is 0 Å². The zero-order valence-electron chi connectivity index (χ0n) is 15.3. The van der Waals surface area contributed by atoms with Crippen LogP contribution in [-0.2, 0) is 4.79 Å². The standard InChI is InChI=1S/C21H21NO6/c23-21(24)13-5-7-22(8-6-13)20(14-1-3-16-18(9-14)27-11-25-16)15-2-4-17-19(10-15)28-12-26-17/h1-4,9-10,13,20H,5-8,11-12H2,(H,23,24). The summed E-state index contributed by atoms with van der Waals surface area (Å²) in [5, 5.41) is 9.33. The second-order valence-electron chi connectivity index (χ2n) is 7.28. The number of carbonyl (C=O) groups is 1. The Morgan fingerprint density at radius 1 is 0.857 bits per heavy atom. The Kier molecular flexibility index (Phi) is 4.24. The first kappa shape index (κ1) is 17.2. The van der Waals surface area contributed by atoms with Gasteiger partial charge in [-0.1, -0.05) is 12.1 Å². The average Bonchev–Trinajstić information content (AvgIpc) is 3.37. The second kappa shape index (κ2) is 6.91. The van der Waals surface area contributed by atoms with Gasteiger partial charge in [0.05, 0.1) is 12.0 Å². The lowest BCUT2D eigenvalue weighted by Gasteiger charge is -2.37. The number of ether oxygens (including phenoxy) is 4. The molecular weight excluding hydrogens is 362 g/mol. The molecule has 7 nitrogen and oxygen atoms in total. The maximum absolute atomic E-state index is 11.3. The Bertz CT molecular complexity index is 848. The van der Waals surface area contributed by atoms with Gasteiger partial charge in [-0.3, -0.25) is 9.69 Å². The van der Waals surface area contributed by atoms with Crippen molar-refractivity contribution < 1.29 is 28.8 Å². The zero-order valence-corrected chi connectivity index (χ0v) is 15.3. The fourth-order valence-electron chi connectivity index (χ4n) is 4.19. The van der Waals surface area contributed by atoms with Crippen molar-refractivity contribution in [2.24, 2.45) is 5.92 Å². The Labute approximate surface area is 162 Å². The SMILES string of the molecule is O=C(O)C1CCN(C(c2ccc3c(c2)OCO3)c2ccc3c(c2)OCO3)CC1. The lowest BCUT2D eigenvalue weighted by Crippen LogP contribution is -2.39. The van der Waals surface area contributed by atoms with Crippen LogP contribution in [0.1, 0.15) is 30.0 Å². The van der Waals surface area contributed by atoms with E-state index >= 15 is 0 Å². The number of benzene rings is 2. The van der Waals surface area contributed by atoms with E-state index in [1.165, 1.54) is 0 Å². The van der Waals surface area contributed by atoms with Crippen LogP contribution in [-0.4, -0.2) is 42.7 Å². The smallest absolute Gasteiger partial charge is 0.306 e. The van der Waals surface area contributed by atoms with Crippen LogP contribution >= 0.6 is 0 Å². The molecule has 1 fully saturated rings. The number of piperidine rings is 1. The van der Waals surface area contributed by atoms with Gasteiger partial charge in [0, 0.05) is 0 Å². The summed E-state index contributed by atoms with van der Waals surface area (Å²) in [6, 6.07) is 12.0. The molecule has 0 atom stereocenters. The first-order valence-electron chi connectivity index (χ1n) is 9.45. The lowest BCUT2D eigenvalue weighted by molar-refractivity contribution is -0.143. The molecule has 0 radical (unpaired) electrons. The summed E-state index contributed by atoms with van der Waals surface area (Å²) < 4.78 is 22.0. The summed E-state index contributed by atoms with van der Waals surface area (Å²) >= 11 is 0. The number of aliphatic carboxylic acids is 1. The molecule has 0 unspecified atom stereocenters. The minimum absolute atomic E-state index is 0.0289. The van der Waals surface area contributed by atoms with Crippen molar-refractivity contribution in [1.82, 2.24) is 4.90 Å². The first-order chi connectivity index (χ1) is 13.7. The van der Waals surface area contributed by atoms with Crippen molar-refractivity contribution in [3.8, 4) is 23.0 Å². The Hall–Kier alpha value is -2.93. The summed E-state index contributed by atoms with van der Waals surface area (Å²) in [5.74, 6) is 2.00. The highest BCUT2D eigenvalue weighted by molar-refractivity contribution is 5.70. The maximum Gasteiger partial charge on any atom is 0.306 e. The fraction of sp³-hybridized carbons (Fsp3) is 0.381. The van der Waals surface area contributed by atoms with Gasteiger partial charge in [-0.2, -0.15) is 0 Å². The molecule has 28 heavy (non-hydrogen) atoms. The highest BCUT2D eigenvalue weighted by Crippen LogP contribution is 2.41. The van der Waals surface area contributed by atoms with Gasteiger partial charge in [0.1, 0.15) is 0 Å². The minimum Gasteiger partial charge on any atom is -0.481 e. The zero-order chi connectivity index (χ0) is 19.1. The number of hydrogen-bond donors (Lipinski definition) is 1. The molecular formula is C21H21NO6. The van der Waals surface area contributed by atoms with Gasteiger partial charge in [-0.05, 0) is 61.3 Å². The Balaban J connectivity index is 1.50. The van der Waals surface area contributed by atoms with Crippen LogP contribution < -0.4 is 18.9 Å². The number of carboxylic acid groups (broad SMARTS) is 1. The van der Waals surface area contributed by atoms with Crippen molar-refractivity contribution in [1.29, 1.82) is 0 Å². The van der Waals surface area contributed by atoms with Gasteiger partial charge in [-0.15, -0.1) is 0 Å². The Morgan fingerprint density at radius 2 is 1.36 bits per heavy atom. The van der Waals surface area contributed by atoms with Gasteiger partial charge < -0.3 is 24.1 Å². The van der Waals surface area contributed by atoms with Gasteiger partial charge >= 0.3 is 5.97 Å². The summed E-state index contributed by atoms with van der Waals surface area (Å²) in [7, 11) is 0. The normalized spacial score (nSPS) is 18.6. The molecule has 0 aliphatic carbocycles. The molecule has 3 heterocycles. The van der Waals surface area contributed by atoms with Gasteiger partial charge in [0.25, 0.3) is 0 Å². The molecule has 3 aliphatic rings. The van der Waals surface area contributed by atoms with E-state index in [0.29, 0.717) is 25.9 Å². The number of fused-ring (bicyclic) bond motifs is 2. The lowest BCUT2D eigenvalue weighted by atomic mass is 9.91. The third-order valence-electron chi connectivity index (χ3n) is 5.67. The predicted molar refractivity (Wildman–Crippen MR) is 98.9 cm³/mol. The molecule has 3 aliphatic heterocycles. The number of rotatable bonds is 4. The van der Waals surface area contributed by atoms with Crippen molar-refractivity contribution >= 4 is 5.97 Å². The molecule has 0 aromatic heterocycles. The molecule has 0 saturated carbocycles. The van der Waals surface area contributed by atoms with Crippen LogP contribution in [0.15, 0.2) is 36.4 Å². The number of nitrogens with zero attached hydrogens (tertiary/aromatic N) is 1. The molecule has 146 valence electrons. The number of likely N-dealkylation sites (tertiary alicyclic amines) is 1. The molecule has 0 spiro atoms. The monoisotopic (exact) mass is 383 g/mol. The summed E-state index contributed by atoms with van der Waals surface area (Å²) in [6.07, 6.45) is 1.28.